The van der Waals surface area contributed by atoms with Gasteiger partial charge in [0, 0.05) is 6.07 Å². The number of anilines is 1. The minimum absolute atomic E-state index is 0.0797. The van der Waals surface area contributed by atoms with Gasteiger partial charge in [0.25, 0.3) is 5.91 Å². The summed E-state index contributed by atoms with van der Waals surface area (Å²) in [6, 6.07) is 10.8. The molecule has 0 bridgehead atoms. The lowest BCUT2D eigenvalue weighted by Gasteiger charge is -2.06. The number of hydrogen-bond acceptors (Lipinski definition) is 4. The highest BCUT2D eigenvalue weighted by molar-refractivity contribution is 7.22. The van der Waals surface area contributed by atoms with Crippen molar-refractivity contribution in [2.24, 2.45) is 0 Å². The number of fused-ring (bicyclic) bond motifs is 1. The second-order valence-corrected chi connectivity index (χ2v) is 7.02. The van der Waals surface area contributed by atoms with E-state index in [0.29, 0.717) is 22.1 Å². The quantitative estimate of drug-likeness (QED) is 0.560. The summed E-state index contributed by atoms with van der Waals surface area (Å²) < 4.78 is 29.5. The Labute approximate surface area is 157 Å². The molecule has 1 amide bonds. The van der Waals surface area contributed by atoms with Crippen molar-refractivity contribution in [1.82, 2.24) is 14.8 Å². The van der Waals surface area contributed by atoms with E-state index in [1.54, 1.807) is 13.8 Å². The second-order valence-electron chi connectivity index (χ2n) is 5.99. The first-order chi connectivity index (χ1) is 12.9. The molecule has 4 rings (SSSR count). The first-order valence-corrected chi connectivity index (χ1v) is 8.94. The summed E-state index contributed by atoms with van der Waals surface area (Å²) in [5, 5.41) is 7.50. The molecule has 1 N–H and O–H groups in total. The Hall–Kier alpha value is -3.13. The van der Waals surface area contributed by atoms with Gasteiger partial charge in [-0.3, -0.25) is 10.1 Å². The van der Waals surface area contributed by atoms with Gasteiger partial charge in [-0.2, -0.15) is 5.10 Å². The maximum atomic E-state index is 14.1. The van der Waals surface area contributed by atoms with Gasteiger partial charge in [-0.1, -0.05) is 23.5 Å². The predicted octanol–water partition coefficient (Wildman–Crippen LogP) is 4.63. The van der Waals surface area contributed by atoms with Gasteiger partial charge in [-0.15, -0.1) is 0 Å². The summed E-state index contributed by atoms with van der Waals surface area (Å²) in [5.74, 6) is -1.80. The van der Waals surface area contributed by atoms with Crippen LogP contribution in [0, 0.1) is 25.5 Å². The van der Waals surface area contributed by atoms with E-state index in [9.17, 15) is 13.6 Å². The first kappa shape index (κ1) is 17.3. The number of thiazole rings is 1. The van der Waals surface area contributed by atoms with Gasteiger partial charge in [0.2, 0.25) is 0 Å². The molecule has 0 fully saturated rings. The zero-order valence-electron chi connectivity index (χ0n) is 14.5. The van der Waals surface area contributed by atoms with Gasteiger partial charge in [0.05, 0.1) is 27.2 Å². The summed E-state index contributed by atoms with van der Waals surface area (Å²) in [6.07, 6.45) is 0. The average molecular weight is 384 g/mol. The normalized spacial score (nSPS) is 11.1. The number of halogens is 2. The van der Waals surface area contributed by atoms with Crippen LogP contribution < -0.4 is 5.32 Å². The molecule has 136 valence electrons. The van der Waals surface area contributed by atoms with Crippen LogP contribution in [0.4, 0.5) is 13.9 Å². The van der Waals surface area contributed by atoms with Crippen LogP contribution in [-0.4, -0.2) is 20.7 Å². The third-order valence-electron chi connectivity index (χ3n) is 4.17. The topological polar surface area (TPSA) is 59.8 Å². The largest absolute Gasteiger partial charge is 0.298 e. The minimum Gasteiger partial charge on any atom is -0.298 e. The maximum Gasteiger partial charge on any atom is 0.261 e. The SMILES string of the molecule is Cc1nn(-c2ccc(F)cc2F)c(C)c1C(=O)Nc1nc2ccccc2s1. The van der Waals surface area contributed by atoms with Crippen LogP contribution in [0.1, 0.15) is 21.7 Å². The molecule has 0 aliphatic carbocycles. The molecule has 0 saturated carbocycles. The van der Waals surface area contributed by atoms with Crippen molar-refractivity contribution in [2.45, 2.75) is 13.8 Å². The Bertz CT molecular complexity index is 1150. The summed E-state index contributed by atoms with van der Waals surface area (Å²) in [5.41, 5.74) is 2.11. The Morgan fingerprint density at radius 2 is 1.93 bits per heavy atom. The van der Waals surface area contributed by atoms with Crippen molar-refractivity contribution in [1.29, 1.82) is 0 Å². The highest BCUT2D eigenvalue weighted by Gasteiger charge is 2.22. The van der Waals surface area contributed by atoms with Crippen molar-refractivity contribution < 1.29 is 13.6 Å². The van der Waals surface area contributed by atoms with Crippen molar-refractivity contribution >= 4 is 32.6 Å². The molecule has 2 aromatic carbocycles. The van der Waals surface area contributed by atoms with Gasteiger partial charge in [0.1, 0.15) is 11.5 Å². The Morgan fingerprint density at radius 3 is 2.67 bits per heavy atom. The van der Waals surface area contributed by atoms with Crippen LogP contribution in [0.5, 0.6) is 0 Å². The standard InChI is InChI=1S/C19H14F2N4OS/c1-10-17(11(2)25(24-10)15-8-7-12(20)9-13(15)21)18(26)23-19-22-14-5-3-4-6-16(14)27-19/h3-9H,1-2H3,(H,22,23,26). The molecule has 27 heavy (non-hydrogen) atoms. The molecule has 2 aromatic heterocycles. The predicted molar refractivity (Wildman–Crippen MR) is 101 cm³/mol. The van der Waals surface area contributed by atoms with E-state index in [4.69, 9.17) is 0 Å². The molecule has 0 aliphatic heterocycles. The second kappa shape index (κ2) is 6.55. The lowest BCUT2D eigenvalue weighted by atomic mass is 10.2. The molecular formula is C19H14F2N4OS. The number of nitrogens with one attached hydrogen (secondary N) is 1. The lowest BCUT2D eigenvalue weighted by molar-refractivity contribution is 0.102. The van der Waals surface area contributed by atoms with Crippen molar-refractivity contribution in [3.63, 3.8) is 0 Å². The molecule has 0 saturated heterocycles. The van der Waals surface area contributed by atoms with Crippen LogP contribution >= 0.6 is 11.3 Å². The van der Waals surface area contributed by atoms with E-state index >= 15 is 0 Å². The molecule has 0 radical (unpaired) electrons. The third-order valence-corrected chi connectivity index (χ3v) is 5.12. The van der Waals surface area contributed by atoms with E-state index in [1.807, 2.05) is 24.3 Å². The summed E-state index contributed by atoms with van der Waals surface area (Å²) >= 11 is 1.37. The average Bonchev–Trinajstić information content (AvgIpc) is 3.14. The Kier molecular flexibility index (Phi) is 4.19. The number of para-hydroxylation sites is 1. The highest BCUT2D eigenvalue weighted by atomic mass is 32.1. The van der Waals surface area contributed by atoms with Crippen LogP contribution in [0.15, 0.2) is 42.5 Å². The molecule has 8 heteroatoms. The number of aryl methyl sites for hydroxylation is 1. The van der Waals surface area contributed by atoms with Gasteiger partial charge < -0.3 is 0 Å². The lowest BCUT2D eigenvalue weighted by Crippen LogP contribution is -2.14. The zero-order chi connectivity index (χ0) is 19.1. The number of carbonyl (C=O) groups excluding carboxylic acids is 1. The molecule has 0 aliphatic rings. The fraction of sp³-hybridized carbons (Fsp3) is 0.105. The fourth-order valence-corrected chi connectivity index (χ4v) is 3.81. The zero-order valence-corrected chi connectivity index (χ0v) is 15.3. The Balaban J connectivity index is 1.69. The first-order valence-electron chi connectivity index (χ1n) is 8.12. The number of amides is 1. The number of benzene rings is 2. The van der Waals surface area contributed by atoms with Crippen molar-refractivity contribution in [3.05, 3.63) is 71.1 Å². The highest BCUT2D eigenvalue weighted by Crippen LogP contribution is 2.27. The van der Waals surface area contributed by atoms with Crippen LogP contribution in [0.3, 0.4) is 0 Å². The summed E-state index contributed by atoms with van der Waals surface area (Å²) in [7, 11) is 0. The van der Waals surface area contributed by atoms with Crippen molar-refractivity contribution in [3.8, 4) is 5.69 Å². The minimum atomic E-state index is -0.751. The molecule has 4 aromatic rings. The van der Waals surface area contributed by atoms with E-state index < -0.39 is 11.6 Å². The smallest absolute Gasteiger partial charge is 0.261 e. The van der Waals surface area contributed by atoms with Gasteiger partial charge >= 0.3 is 0 Å². The number of rotatable bonds is 3. The molecular weight excluding hydrogens is 370 g/mol. The van der Waals surface area contributed by atoms with E-state index in [1.165, 1.54) is 22.1 Å². The third kappa shape index (κ3) is 3.08. The van der Waals surface area contributed by atoms with Gasteiger partial charge in [0.15, 0.2) is 10.9 Å². The summed E-state index contributed by atoms with van der Waals surface area (Å²) in [6.45, 7) is 3.33. The fourth-order valence-electron chi connectivity index (χ4n) is 2.94. The van der Waals surface area contributed by atoms with Crippen LogP contribution in [0.25, 0.3) is 15.9 Å². The maximum absolute atomic E-state index is 14.1. The van der Waals surface area contributed by atoms with E-state index in [0.717, 1.165) is 22.3 Å². The van der Waals surface area contributed by atoms with E-state index in [-0.39, 0.29) is 11.6 Å². The number of nitrogens with zero attached hydrogens (tertiary/aromatic N) is 3. The molecule has 0 spiro atoms. The molecule has 0 atom stereocenters. The molecule has 5 nitrogen and oxygen atoms in total. The van der Waals surface area contributed by atoms with Crippen molar-refractivity contribution in [2.75, 3.05) is 5.32 Å². The summed E-state index contributed by atoms with van der Waals surface area (Å²) in [4.78, 5) is 17.1. The number of carbonyl (C=O) groups is 1. The van der Waals surface area contributed by atoms with Gasteiger partial charge in [-0.05, 0) is 38.1 Å². The molecule has 2 heterocycles. The monoisotopic (exact) mass is 384 g/mol. The Morgan fingerprint density at radius 1 is 1.15 bits per heavy atom. The van der Waals surface area contributed by atoms with Crippen LogP contribution in [0.2, 0.25) is 0 Å². The van der Waals surface area contributed by atoms with Crippen LogP contribution in [-0.2, 0) is 0 Å². The molecule has 0 unspecified atom stereocenters. The number of aromatic nitrogens is 3. The van der Waals surface area contributed by atoms with Gasteiger partial charge in [-0.25, -0.2) is 18.4 Å². The van der Waals surface area contributed by atoms with E-state index in [2.05, 4.69) is 15.4 Å². The number of hydrogen-bond donors (Lipinski definition) is 1.